The monoisotopic (exact) mass is 244 g/mol. The van der Waals surface area contributed by atoms with Crippen molar-refractivity contribution in [2.24, 2.45) is 5.92 Å². The molecule has 1 aromatic rings. The standard InChI is InChI=1S/C16H24N2/c1-2-5-14(6-3-1)13-18-11-8-15(9-12-18)16-7-4-10-17-16/h1-3,5-6,15-17H,4,7-13H2. The minimum Gasteiger partial charge on any atom is -0.314 e. The molecular formula is C16H24N2. The molecule has 3 rings (SSSR count). The Bertz CT molecular complexity index is 349. The van der Waals surface area contributed by atoms with E-state index in [-0.39, 0.29) is 0 Å². The fourth-order valence-electron chi connectivity index (χ4n) is 3.47. The summed E-state index contributed by atoms with van der Waals surface area (Å²) in [6, 6.07) is 11.7. The van der Waals surface area contributed by atoms with Gasteiger partial charge in [0.15, 0.2) is 0 Å². The molecule has 0 spiro atoms. The first kappa shape index (κ1) is 12.2. The lowest BCUT2D eigenvalue weighted by Gasteiger charge is -2.34. The zero-order valence-electron chi connectivity index (χ0n) is 11.1. The van der Waals surface area contributed by atoms with Crippen molar-refractivity contribution < 1.29 is 0 Å². The Kier molecular flexibility index (Phi) is 3.96. The summed E-state index contributed by atoms with van der Waals surface area (Å²) in [6.45, 7) is 4.93. The van der Waals surface area contributed by atoms with E-state index in [1.54, 1.807) is 0 Å². The topological polar surface area (TPSA) is 15.3 Å². The molecule has 0 radical (unpaired) electrons. The highest BCUT2D eigenvalue weighted by atomic mass is 15.1. The minimum atomic E-state index is 0.823. The predicted molar refractivity (Wildman–Crippen MR) is 75.5 cm³/mol. The Morgan fingerprint density at radius 2 is 1.83 bits per heavy atom. The first-order valence-electron chi connectivity index (χ1n) is 7.41. The van der Waals surface area contributed by atoms with E-state index in [2.05, 4.69) is 40.5 Å². The summed E-state index contributed by atoms with van der Waals surface area (Å²) >= 11 is 0. The van der Waals surface area contributed by atoms with E-state index in [1.165, 1.54) is 50.9 Å². The summed E-state index contributed by atoms with van der Waals surface area (Å²) in [4.78, 5) is 2.61. The smallest absolute Gasteiger partial charge is 0.0233 e. The quantitative estimate of drug-likeness (QED) is 0.879. The normalized spacial score (nSPS) is 26.6. The van der Waals surface area contributed by atoms with Crippen molar-refractivity contribution in [3.8, 4) is 0 Å². The van der Waals surface area contributed by atoms with Crippen LogP contribution in [0.2, 0.25) is 0 Å². The molecule has 1 unspecified atom stereocenters. The number of piperidine rings is 1. The van der Waals surface area contributed by atoms with E-state index in [4.69, 9.17) is 0 Å². The van der Waals surface area contributed by atoms with Crippen molar-refractivity contribution >= 4 is 0 Å². The van der Waals surface area contributed by atoms with Gasteiger partial charge in [0, 0.05) is 12.6 Å². The molecule has 0 saturated carbocycles. The second-order valence-corrected chi connectivity index (χ2v) is 5.80. The molecule has 0 aliphatic carbocycles. The van der Waals surface area contributed by atoms with Crippen LogP contribution in [-0.4, -0.2) is 30.6 Å². The van der Waals surface area contributed by atoms with Crippen molar-refractivity contribution in [2.45, 2.75) is 38.3 Å². The molecule has 98 valence electrons. The van der Waals surface area contributed by atoms with E-state index in [0.717, 1.165) is 18.5 Å². The van der Waals surface area contributed by atoms with Gasteiger partial charge in [-0.25, -0.2) is 0 Å². The predicted octanol–water partition coefficient (Wildman–Crippen LogP) is 2.65. The molecule has 2 saturated heterocycles. The van der Waals surface area contributed by atoms with Gasteiger partial charge < -0.3 is 5.32 Å². The van der Waals surface area contributed by atoms with E-state index < -0.39 is 0 Å². The van der Waals surface area contributed by atoms with Crippen LogP contribution in [-0.2, 0) is 6.54 Å². The molecule has 2 heteroatoms. The maximum atomic E-state index is 3.67. The van der Waals surface area contributed by atoms with Gasteiger partial charge in [-0.05, 0) is 56.8 Å². The number of rotatable bonds is 3. The SMILES string of the molecule is c1ccc(CN2CCC(C3CCCN3)CC2)cc1. The third kappa shape index (κ3) is 2.93. The van der Waals surface area contributed by atoms with Gasteiger partial charge in [0.1, 0.15) is 0 Å². The Labute approximate surface area is 110 Å². The molecule has 2 heterocycles. The lowest BCUT2D eigenvalue weighted by atomic mass is 9.88. The molecule has 2 nitrogen and oxygen atoms in total. The average molecular weight is 244 g/mol. The number of likely N-dealkylation sites (tertiary alicyclic amines) is 1. The molecule has 0 amide bonds. The molecule has 1 atom stereocenters. The third-order valence-corrected chi connectivity index (χ3v) is 4.55. The van der Waals surface area contributed by atoms with Gasteiger partial charge in [-0.2, -0.15) is 0 Å². The van der Waals surface area contributed by atoms with Crippen molar-refractivity contribution in [3.05, 3.63) is 35.9 Å². The average Bonchev–Trinajstić information content (AvgIpc) is 2.95. The Hall–Kier alpha value is -0.860. The second-order valence-electron chi connectivity index (χ2n) is 5.80. The van der Waals surface area contributed by atoms with E-state index in [0.29, 0.717) is 0 Å². The van der Waals surface area contributed by atoms with E-state index in [1.807, 2.05) is 0 Å². The maximum absolute atomic E-state index is 3.67. The molecule has 0 bridgehead atoms. The van der Waals surface area contributed by atoms with Crippen LogP contribution in [0.4, 0.5) is 0 Å². The summed E-state index contributed by atoms with van der Waals surface area (Å²) in [7, 11) is 0. The van der Waals surface area contributed by atoms with Crippen LogP contribution in [0.3, 0.4) is 0 Å². The van der Waals surface area contributed by atoms with Crippen LogP contribution >= 0.6 is 0 Å². The number of nitrogens with zero attached hydrogens (tertiary/aromatic N) is 1. The molecular weight excluding hydrogens is 220 g/mol. The van der Waals surface area contributed by atoms with Crippen LogP contribution in [0.5, 0.6) is 0 Å². The second kappa shape index (κ2) is 5.85. The van der Waals surface area contributed by atoms with Gasteiger partial charge >= 0.3 is 0 Å². The van der Waals surface area contributed by atoms with Gasteiger partial charge in [-0.1, -0.05) is 30.3 Å². The van der Waals surface area contributed by atoms with E-state index in [9.17, 15) is 0 Å². The van der Waals surface area contributed by atoms with Crippen LogP contribution in [0.15, 0.2) is 30.3 Å². The van der Waals surface area contributed by atoms with Crippen molar-refractivity contribution in [3.63, 3.8) is 0 Å². The Balaban J connectivity index is 1.48. The molecule has 2 aliphatic heterocycles. The van der Waals surface area contributed by atoms with Gasteiger partial charge in [0.05, 0.1) is 0 Å². The minimum absolute atomic E-state index is 0.823. The summed E-state index contributed by atoms with van der Waals surface area (Å²) in [6.07, 6.45) is 5.55. The summed E-state index contributed by atoms with van der Waals surface area (Å²) in [5.74, 6) is 0.930. The largest absolute Gasteiger partial charge is 0.314 e. The van der Waals surface area contributed by atoms with E-state index >= 15 is 0 Å². The highest BCUT2D eigenvalue weighted by molar-refractivity contribution is 5.14. The zero-order valence-corrected chi connectivity index (χ0v) is 11.1. The lowest BCUT2D eigenvalue weighted by Crippen LogP contribution is -2.40. The molecule has 18 heavy (non-hydrogen) atoms. The Morgan fingerprint density at radius 3 is 2.50 bits per heavy atom. The number of benzene rings is 1. The number of hydrogen-bond donors (Lipinski definition) is 1. The molecule has 1 N–H and O–H groups in total. The lowest BCUT2D eigenvalue weighted by molar-refractivity contribution is 0.157. The fraction of sp³-hybridized carbons (Fsp3) is 0.625. The number of hydrogen-bond acceptors (Lipinski definition) is 2. The van der Waals surface area contributed by atoms with Crippen LogP contribution in [0.1, 0.15) is 31.2 Å². The first-order valence-corrected chi connectivity index (χ1v) is 7.41. The third-order valence-electron chi connectivity index (χ3n) is 4.55. The fourth-order valence-corrected chi connectivity index (χ4v) is 3.47. The highest BCUT2D eigenvalue weighted by Crippen LogP contribution is 2.26. The number of nitrogens with one attached hydrogen (secondary N) is 1. The summed E-state index contributed by atoms with van der Waals surface area (Å²) < 4.78 is 0. The van der Waals surface area contributed by atoms with Gasteiger partial charge in [-0.15, -0.1) is 0 Å². The molecule has 2 aliphatic rings. The first-order chi connectivity index (χ1) is 8.92. The van der Waals surface area contributed by atoms with Gasteiger partial charge in [0.25, 0.3) is 0 Å². The van der Waals surface area contributed by atoms with Crippen LogP contribution in [0, 0.1) is 5.92 Å². The van der Waals surface area contributed by atoms with Gasteiger partial charge in [0.2, 0.25) is 0 Å². The summed E-state index contributed by atoms with van der Waals surface area (Å²) in [5.41, 5.74) is 1.45. The van der Waals surface area contributed by atoms with Crippen molar-refractivity contribution in [1.82, 2.24) is 10.2 Å². The maximum Gasteiger partial charge on any atom is 0.0233 e. The Morgan fingerprint density at radius 1 is 1.06 bits per heavy atom. The van der Waals surface area contributed by atoms with Gasteiger partial charge in [-0.3, -0.25) is 4.90 Å². The molecule has 0 aromatic heterocycles. The van der Waals surface area contributed by atoms with Crippen LogP contribution < -0.4 is 5.32 Å². The molecule has 1 aromatic carbocycles. The highest BCUT2D eigenvalue weighted by Gasteiger charge is 2.28. The summed E-state index contributed by atoms with van der Waals surface area (Å²) in [5, 5.41) is 3.67. The van der Waals surface area contributed by atoms with Crippen LogP contribution in [0.25, 0.3) is 0 Å². The van der Waals surface area contributed by atoms with Crippen molar-refractivity contribution in [1.29, 1.82) is 0 Å². The molecule has 2 fully saturated rings. The zero-order chi connectivity index (χ0) is 12.2. The van der Waals surface area contributed by atoms with Crippen molar-refractivity contribution in [2.75, 3.05) is 19.6 Å².